The van der Waals surface area contributed by atoms with Crippen molar-refractivity contribution in [1.82, 2.24) is 10.2 Å². The molecule has 136 valence electrons. The molecule has 1 aliphatic rings. The van der Waals surface area contributed by atoms with E-state index < -0.39 is 0 Å². The smallest absolute Gasteiger partial charge is 0.255 e. The summed E-state index contributed by atoms with van der Waals surface area (Å²) in [5, 5.41) is 4.20. The summed E-state index contributed by atoms with van der Waals surface area (Å²) in [5.74, 6) is -0.274. The van der Waals surface area contributed by atoms with Gasteiger partial charge in [-0.25, -0.2) is 0 Å². The molecule has 1 heterocycles. The fourth-order valence-electron chi connectivity index (χ4n) is 2.94. The van der Waals surface area contributed by atoms with Crippen molar-refractivity contribution < 1.29 is 9.59 Å². The number of hydrogen-bond donors (Lipinski definition) is 1. The van der Waals surface area contributed by atoms with Crippen LogP contribution in [0.3, 0.4) is 0 Å². The van der Waals surface area contributed by atoms with Crippen LogP contribution in [0.4, 0.5) is 0 Å². The third-order valence-electron chi connectivity index (χ3n) is 4.40. The third kappa shape index (κ3) is 4.32. The van der Waals surface area contributed by atoms with Gasteiger partial charge in [0.15, 0.2) is 0 Å². The summed E-state index contributed by atoms with van der Waals surface area (Å²) in [6, 6.07) is 11.8. The first-order chi connectivity index (χ1) is 12.5. The molecule has 0 aromatic heterocycles. The van der Waals surface area contributed by atoms with E-state index in [1.54, 1.807) is 47.4 Å². The molecular weight excluding hydrogens is 395 g/mol. The predicted molar refractivity (Wildman–Crippen MR) is 104 cm³/mol. The van der Waals surface area contributed by atoms with Crippen LogP contribution in [0.1, 0.15) is 33.6 Å². The summed E-state index contributed by atoms with van der Waals surface area (Å²) >= 11 is 17.9. The molecule has 0 unspecified atom stereocenters. The Morgan fingerprint density at radius 3 is 2.27 bits per heavy atom. The van der Waals surface area contributed by atoms with E-state index in [4.69, 9.17) is 34.8 Å². The topological polar surface area (TPSA) is 49.4 Å². The summed E-state index contributed by atoms with van der Waals surface area (Å²) in [6.45, 7) is 1.13. The van der Waals surface area contributed by atoms with Gasteiger partial charge < -0.3 is 10.2 Å². The van der Waals surface area contributed by atoms with Gasteiger partial charge in [-0.15, -0.1) is 0 Å². The number of hydrogen-bond acceptors (Lipinski definition) is 2. The van der Waals surface area contributed by atoms with E-state index >= 15 is 0 Å². The van der Waals surface area contributed by atoms with Gasteiger partial charge in [0.05, 0.1) is 20.6 Å². The average molecular weight is 412 g/mol. The maximum atomic E-state index is 12.6. The van der Waals surface area contributed by atoms with Crippen LogP contribution in [-0.4, -0.2) is 35.8 Å². The van der Waals surface area contributed by atoms with Gasteiger partial charge in [0.1, 0.15) is 0 Å². The van der Waals surface area contributed by atoms with Crippen LogP contribution >= 0.6 is 34.8 Å². The molecule has 1 aliphatic heterocycles. The number of nitrogens with zero attached hydrogens (tertiary/aromatic N) is 1. The van der Waals surface area contributed by atoms with Gasteiger partial charge >= 0.3 is 0 Å². The molecule has 2 amide bonds. The highest BCUT2D eigenvalue weighted by Crippen LogP contribution is 2.23. The second-order valence-corrected chi connectivity index (χ2v) is 7.37. The minimum Gasteiger partial charge on any atom is -0.349 e. The van der Waals surface area contributed by atoms with Gasteiger partial charge in [-0.2, -0.15) is 0 Å². The number of benzene rings is 2. The van der Waals surface area contributed by atoms with E-state index in [-0.39, 0.29) is 17.9 Å². The highest BCUT2D eigenvalue weighted by Gasteiger charge is 2.25. The number of amides is 2. The Hall–Kier alpha value is -1.75. The molecule has 1 N–H and O–H groups in total. The minimum atomic E-state index is -0.195. The van der Waals surface area contributed by atoms with Gasteiger partial charge in [0.25, 0.3) is 11.8 Å². The normalized spacial score (nSPS) is 15.0. The number of nitrogens with one attached hydrogen (secondary N) is 1. The molecule has 3 rings (SSSR count). The molecule has 0 saturated carbocycles. The number of likely N-dealkylation sites (tertiary alicyclic amines) is 1. The summed E-state index contributed by atoms with van der Waals surface area (Å²) in [6.07, 6.45) is 1.37. The molecular formula is C19H17Cl3N2O2. The van der Waals surface area contributed by atoms with Crippen molar-refractivity contribution in [1.29, 1.82) is 0 Å². The molecule has 0 atom stereocenters. The maximum Gasteiger partial charge on any atom is 0.255 e. The zero-order valence-electron chi connectivity index (χ0n) is 13.8. The van der Waals surface area contributed by atoms with Crippen LogP contribution in [-0.2, 0) is 0 Å². The number of carbonyl (C=O) groups excluding carboxylic acids is 2. The third-order valence-corrected chi connectivity index (χ3v) is 5.47. The van der Waals surface area contributed by atoms with Crippen LogP contribution in [0.2, 0.25) is 15.1 Å². The molecule has 0 bridgehead atoms. The molecule has 2 aromatic rings. The van der Waals surface area contributed by atoms with Gasteiger partial charge in [-0.05, 0) is 43.2 Å². The first-order valence-corrected chi connectivity index (χ1v) is 9.39. The lowest BCUT2D eigenvalue weighted by atomic mass is 10.0. The average Bonchev–Trinajstić information content (AvgIpc) is 2.64. The molecule has 1 fully saturated rings. The first kappa shape index (κ1) is 19.0. The summed E-state index contributed by atoms with van der Waals surface area (Å²) in [5.41, 5.74) is 0.974. The van der Waals surface area contributed by atoms with Crippen LogP contribution in [0.5, 0.6) is 0 Å². The van der Waals surface area contributed by atoms with E-state index in [2.05, 4.69) is 5.32 Å². The van der Waals surface area contributed by atoms with E-state index in [1.165, 1.54) is 0 Å². The molecule has 1 saturated heterocycles. The standard InChI is InChI=1S/C19H17Cl3N2O2/c20-15-4-2-1-3-14(15)19(26)24-9-7-13(8-10-24)23-18(25)12-5-6-16(21)17(22)11-12/h1-6,11,13H,7-10H2,(H,23,25). The van der Waals surface area contributed by atoms with E-state index in [1.807, 2.05) is 0 Å². The van der Waals surface area contributed by atoms with E-state index in [0.717, 1.165) is 0 Å². The Morgan fingerprint density at radius 1 is 0.923 bits per heavy atom. The highest BCUT2D eigenvalue weighted by molar-refractivity contribution is 6.42. The van der Waals surface area contributed by atoms with Crippen LogP contribution in [0.25, 0.3) is 0 Å². The number of halogens is 3. The van der Waals surface area contributed by atoms with Crippen molar-refractivity contribution in [2.45, 2.75) is 18.9 Å². The van der Waals surface area contributed by atoms with Crippen LogP contribution in [0.15, 0.2) is 42.5 Å². The van der Waals surface area contributed by atoms with Crippen LogP contribution in [0, 0.1) is 0 Å². The first-order valence-electron chi connectivity index (χ1n) is 8.25. The van der Waals surface area contributed by atoms with Crippen molar-refractivity contribution in [3.63, 3.8) is 0 Å². The second kappa shape index (κ2) is 8.30. The summed E-state index contributed by atoms with van der Waals surface area (Å²) in [4.78, 5) is 26.7. The number of piperidine rings is 1. The zero-order chi connectivity index (χ0) is 18.7. The van der Waals surface area contributed by atoms with Crippen molar-refractivity contribution in [3.05, 3.63) is 68.7 Å². The van der Waals surface area contributed by atoms with Crippen molar-refractivity contribution >= 4 is 46.6 Å². The van der Waals surface area contributed by atoms with Crippen LogP contribution < -0.4 is 5.32 Å². The largest absolute Gasteiger partial charge is 0.349 e. The van der Waals surface area contributed by atoms with E-state index in [0.29, 0.717) is 52.1 Å². The molecule has 26 heavy (non-hydrogen) atoms. The summed E-state index contributed by atoms with van der Waals surface area (Å²) in [7, 11) is 0. The molecule has 0 radical (unpaired) electrons. The zero-order valence-corrected chi connectivity index (χ0v) is 16.1. The Bertz CT molecular complexity index is 833. The number of rotatable bonds is 3. The lowest BCUT2D eigenvalue weighted by molar-refractivity contribution is 0.0698. The van der Waals surface area contributed by atoms with Gasteiger partial charge in [-0.3, -0.25) is 9.59 Å². The Kier molecular flexibility index (Phi) is 6.07. The summed E-state index contributed by atoms with van der Waals surface area (Å²) < 4.78 is 0. The van der Waals surface area contributed by atoms with E-state index in [9.17, 15) is 9.59 Å². The molecule has 4 nitrogen and oxygen atoms in total. The SMILES string of the molecule is O=C(NC1CCN(C(=O)c2ccccc2Cl)CC1)c1ccc(Cl)c(Cl)c1. The second-order valence-electron chi connectivity index (χ2n) is 6.15. The van der Waals surface area contributed by atoms with Gasteiger partial charge in [0, 0.05) is 24.7 Å². The lowest BCUT2D eigenvalue weighted by Gasteiger charge is -2.32. The van der Waals surface area contributed by atoms with Crippen molar-refractivity contribution in [2.75, 3.05) is 13.1 Å². The quantitative estimate of drug-likeness (QED) is 0.797. The van der Waals surface area contributed by atoms with Gasteiger partial charge in [0.2, 0.25) is 0 Å². The highest BCUT2D eigenvalue weighted by atomic mass is 35.5. The fraction of sp³-hybridized carbons (Fsp3) is 0.263. The Labute approximate surface area is 167 Å². The van der Waals surface area contributed by atoms with Crippen molar-refractivity contribution in [3.8, 4) is 0 Å². The molecule has 0 aliphatic carbocycles. The van der Waals surface area contributed by atoms with Gasteiger partial charge in [-0.1, -0.05) is 46.9 Å². The fourth-order valence-corrected chi connectivity index (χ4v) is 3.45. The minimum absolute atomic E-state index is 0.00671. The van der Waals surface area contributed by atoms with Crippen molar-refractivity contribution in [2.24, 2.45) is 0 Å². The predicted octanol–water partition coefficient (Wildman–Crippen LogP) is 4.68. The monoisotopic (exact) mass is 410 g/mol. The maximum absolute atomic E-state index is 12.6. The lowest BCUT2D eigenvalue weighted by Crippen LogP contribution is -2.46. The number of carbonyl (C=O) groups is 2. The Morgan fingerprint density at radius 2 is 1.62 bits per heavy atom. The molecule has 2 aromatic carbocycles. The molecule has 0 spiro atoms. The Balaban J connectivity index is 1.57. The molecule has 7 heteroatoms.